The quantitative estimate of drug-likeness (QED) is 0.846. The van der Waals surface area contributed by atoms with Crippen LogP contribution in [0.25, 0.3) is 0 Å². The van der Waals surface area contributed by atoms with Crippen LogP contribution in [0.15, 0.2) is 29.4 Å². The molecule has 0 unspecified atom stereocenters. The zero-order valence-electron chi connectivity index (χ0n) is 8.98. The number of aromatic amines is 1. The van der Waals surface area contributed by atoms with Gasteiger partial charge in [0.15, 0.2) is 0 Å². The number of aromatic nitrogens is 3. The number of carbonyl (C=O) groups excluding carboxylic acids is 1. The molecule has 0 saturated carbocycles. The molecule has 0 spiro atoms. The van der Waals surface area contributed by atoms with E-state index in [1.807, 2.05) is 0 Å². The number of halogens is 2. The average molecular weight is 287 g/mol. The van der Waals surface area contributed by atoms with E-state index in [4.69, 9.17) is 11.6 Å². The fraction of sp³-hybridized carbons (Fsp3) is 0.100. The largest absolute Gasteiger partial charge is 0.324 e. The van der Waals surface area contributed by atoms with Crippen LogP contribution in [-0.4, -0.2) is 27.1 Å². The van der Waals surface area contributed by atoms with Gasteiger partial charge in [0, 0.05) is 0 Å². The van der Waals surface area contributed by atoms with E-state index < -0.39 is 5.82 Å². The van der Waals surface area contributed by atoms with Crippen LogP contribution in [0.3, 0.4) is 0 Å². The second-order valence-electron chi connectivity index (χ2n) is 3.27. The second kappa shape index (κ2) is 5.83. The summed E-state index contributed by atoms with van der Waals surface area (Å²) in [7, 11) is 0. The van der Waals surface area contributed by atoms with Crippen molar-refractivity contribution in [3.05, 3.63) is 35.2 Å². The average Bonchev–Trinajstić information content (AvgIpc) is 2.83. The van der Waals surface area contributed by atoms with Crippen LogP contribution in [0.1, 0.15) is 0 Å². The number of hydrogen-bond acceptors (Lipinski definition) is 4. The molecule has 2 aromatic rings. The van der Waals surface area contributed by atoms with Crippen LogP contribution < -0.4 is 5.32 Å². The van der Waals surface area contributed by atoms with Gasteiger partial charge in [0.2, 0.25) is 5.91 Å². The molecular formula is C10H8ClFN4OS. The van der Waals surface area contributed by atoms with Crippen LogP contribution in [-0.2, 0) is 4.79 Å². The second-order valence-corrected chi connectivity index (χ2v) is 4.67. The highest BCUT2D eigenvalue weighted by atomic mass is 35.5. The molecule has 0 aliphatic rings. The number of anilines is 1. The maximum absolute atomic E-state index is 12.8. The Morgan fingerprint density at radius 1 is 1.56 bits per heavy atom. The van der Waals surface area contributed by atoms with E-state index in [-0.39, 0.29) is 16.7 Å². The van der Waals surface area contributed by atoms with E-state index in [1.165, 1.54) is 30.1 Å². The molecule has 2 N–H and O–H groups in total. The Morgan fingerprint density at radius 3 is 3.06 bits per heavy atom. The Morgan fingerprint density at radius 2 is 2.39 bits per heavy atom. The number of thioether (sulfide) groups is 1. The topological polar surface area (TPSA) is 70.7 Å². The van der Waals surface area contributed by atoms with Gasteiger partial charge >= 0.3 is 0 Å². The molecule has 0 fully saturated rings. The molecule has 0 aliphatic heterocycles. The summed E-state index contributed by atoms with van der Waals surface area (Å²) in [5, 5.41) is 13.2. The minimum Gasteiger partial charge on any atom is -0.324 e. The van der Waals surface area contributed by atoms with E-state index in [1.54, 1.807) is 0 Å². The Balaban J connectivity index is 1.91. The van der Waals surface area contributed by atoms with Gasteiger partial charge in [-0.15, -0.1) is 5.10 Å². The molecule has 18 heavy (non-hydrogen) atoms. The molecule has 94 valence electrons. The van der Waals surface area contributed by atoms with Gasteiger partial charge in [0.25, 0.3) is 0 Å². The standard InChI is InChI=1S/C10H8ClFN4OS/c11-7-3-6(12)1-2-8(7)14-9(17)5-18-10-4-13-16-15-10/h1-4H,5H2,(H,14,17)(H,13,15,16). The zero-order valence-corrected chi connectivity index (χ0v) is 10.6. The highest BCUT2D eigenvalue weighted by Crippen LogP contribution is 2.23. The molecule has 1 heterocycles. The Hall–Kier alpha value is -1.60. The zero-order chi connectivity index (χ0) is 13.0. The summed E-state index contributed by atoms with van der Waals surface area (Å²) in [6.07, 6.45) is 1.52. The number of benzene rings is 1. The molecule has 0 radical (unpaired) electrons. The lowest BCUT2D eigenvalue weighted by molar-refractivity contribution is -0.113. The number of amides is 1. The van der Waals surface area contributed by atoms with Crippen LogP contribution >= 0.6 is 23.4 Å². The molecule has 1 aromatic heterocycles. The summed E-state index contributed by atoms with van der Waals surface area (Å²) in [4.78, 5) is 11.6. The first-order valence-electron chi connectivity index (χ1n) is 4.88. The monoisotopic (exact) mass is 286 g/mol. The molecule has 8 heteroatoms. The predicted octanol–water partition coefficient (Wildman–Crippen LogP) is 2.33. The third-order valence-electron chi connectivity index (χ3n) is 1.95. The summed E-state index contributed by atoms with van der Waals surface area (Å²) >= 11 is 7.01. The van der Waals surface area contributed by atoms with E-state index >= 15 is 0 Å². The van der Waals surface area contributed by atoms with Crippen molar-refractivity contribution in [3.8, 4) is 0 Å². The molecule has 0 saturated heterocycles. The van der Waals surface area contributed by atoms with E-state index in [0.29, 0.717) is 10.7 Å². The van der Waals surface area contributed by atoms with Crippen LogP contribution in [0.5, 0.6) is 0 Å². The van der Waals surface area contributed by atoms with Crippen LogP contribution in [0, 0.1) is 5.82 Å². The normalized spacial score (nSPS) is 10.3. The number of hydrogen-bond donors (Lipinski definition) is 2. The van der Waals surface area contributed by atoms with Crippen LogP contribution in [0.2, 0.25) is 5.02 Å². The van der Waals surface area contributed by atoms with Gasteiger partial charge in [-0.1, -0.05) is 23.4 Å². The van der Waals surface area contributed by atoms with E-state index in [2.05, 4.69) is 20.7 Å². The van der Waals surface area contributed by atoms with Crippen molar-refractivity contribution in [2.45, 2.75) is 5.03 Å². The molecule has 2 rings (SSSR count). The number of nitrogens with zero attached hydrogens (tertiary/aromatic N) is 2. The number of nitrogens with one attached hydrogen (secondary N) is 2. The fourth-order valence-corrected chi connectivity index (χ4v) is 1.98. The van der Waals surface area contributed by atoms with Crippen molar-refractivity contribution in [2.75, 3.05) is 11.1 Å². The minimum absolute atomic E-state index is 0.162. The third-order valence-corrected chi connectivity index (χ3v) is 3.16. The van der Waals surface area contributed by atoms with Crippen molar-refractivity contribution in [1.82, 2.24) is 15.4 Å². The third kappa shape index (κ3) is 3.44. The van der Waals surface area contributed by atoms with E-state index in [9.17, 15) is 9.18 Å². The van der Waals surface area contributed by atoms with Gasteiger partial charge < -0.3 is 5.32 Å². The highest BCUT2D eigenvalue weighted by Gasteiger charge is 2.08. The van der Waals surface area contributed by atoms with Crippen molar-refractivity contribution in [1.29, 1.82) is 0 Å². The Kier molecular flexibility index (Phi) is 4.16. The Bertz CT molecular complexity index is 549. The maximum Gasteiger partial charge on any atom is 0.234 e. The van der Waals surface area contributed by atoms with Gasteiger partial charge in [-0.25, -0.2) is 4.39 Å². The molecule has 1 amide bonds. The Labute approximate surface area is 111 Å². The van der Waals surface area contributed by atoms with Crippen LogP contribution in [0.4, 0.5) is 10.1 Å². The maximum atomic E-state index is 12.8. The van der Waals surface area contributed by atoms with Gasteiger partial charge in [0.1, 0.15) is 10.8 Å². The molecule has 0 aliphatic carbocycles. The van der Waals surface area contributed by atoms with Crippen molar-refractivity contribution in [2.24, 2.45) is 0 Å². The first-order chi connectivity index (χ1) is 8.65. The lowest BCUT2D eigenvalue weighted by Gasteiger charge is -2.06. The summed E-state index contributed by atoms with van der Waals surface area (Å²) in [5.41, 5.74) is 0.379. The number of rotatable bonds is 4. The lowest BCUT2D eigenvalue weighted by Crippen LogP contribution is -2.14. The van der Waals surface area contributed by atoms with E-state index in [0.717, 1.165) is 6.07 Å². The summed E-state index contributed by atoms with van der Waals surface area (Å²) < 4.78 is 12.8. The van der Waals surface area contributed by atoms with Crippen molar-refractivity contribution in [3.63, 3.8) is 0 Å². The van der Waals surface area contributed by atoms with Gasteiger partial charge in [0.05, 0.1) is 22.7 Å². The summed E-state index contributed by atoms with van der Waals surface area (Å²) in [6, 6.07) is 3.78. The fourth-order valence-electron chi connectivity index (χ4n) is 1.18. The molecule has 5 nitrogen and oxygen atoms in total. The lowest BCUT2D eigenvalue weighted by atomic mass is 10.3. The first kappa shape index (κ1) is 12.8. The molecule has 0 bridgehead atoms. The summed E-state index contributed by atoms with van der Waals surface area (Å²) in [5.74, 6) is -0.535. The van der Waals surface area contributed by atoms with Gasteiger partial charge in [-0.05, 0) is 18.2 Å². The predicted molar refractivity (Wildman–Crippen MR) is 67.1 cm³/mol. The molecular weight excluding hydrogens is 279 g/mol. The summed E-state index contributed by atoms with van der Waals surface area (Å²) in [6.45, 7) is 0. The van der Waals surface area contributed by atoms with Gasteiger partial charge in [-0.2, -0.15) is 10.3 Å². The number of carbonyl (C=O) groups is 1. The molecule has 0 atom stereocenters. The smallest absolute Gasteiger partial charge is 0.234 e. The molecule has 1 aromatic carbocycles. The van der Waals surface area contributed by atoms with Gasteiger partial charge in [-0.3, -0.25) is 4.79 Å². The van der Waals surface area contributed by atoms with Crippen molar-refractivity contribution < 1.29 is 9.18 Å². The highest BCUT2D eigenvalue weighted by molar-refractivity contribution is 7.99. The minimum atomic E-state index is -0.449. The first-order valence-corrected chi connectivity index (χ1v) is 6.25. The van der Waals surface area contributed by atoms with Crippen molar-refractivity contribution >= 4 is 35.0 Å². The number of H-pyrrole nitrogens is 1. The SMILES string of the molecule is O=C(CSc1cn[nH]n1)Nc1ccc(F)cc1Cl.